The number of ether oxygens (including phenoxy) is 3. The van der Waals surface area contributed by atoms with E-state index >= 15 is 8.78 Å². The van der Waals surface area contributed by atoms with Crippen molar-refractivity contribution in [3.05, 3.63) is 131 Å². The van der Waals surface area contributed by atoms with E-state index in [0.717, 1.165) is 39.3 Å². The molecule has 0 spiro atoms. The molecule has 3 heterocycles. The molecule has 0 radical (unpaired) electrons. The molecule has 0 amide bonds. The molecule has 4 aromatic carbocycles. The molecule has 7 rings (SSSR count). The van der Waals surface area contributed by atoms with Crippen molar-refractivity contribution in [2.75, 3.05) is 39.4 Å². The van der Waals surface area contributed by atoms with Gasteiger partial charge in [0.05, 0.1) is 31.3 Å². The molecule has 2 N–H and O–H groups in total. The Balaban J connectivity index is 0.00000497. The van der Waals surface area contributed by atoms with Gasteiger partial charge in [0.1, 0.15) is 37.5 Å². The lowest BCUT2D eigenvalue weighted by molar-refractivity contribution is -0.0810. The molecule has 2 aliphatic rings. The SMILES string of the molecule is Br.CC1CN(C(CNC(=NCc2ccccc2-c2ccc(Cn3cncn3)cc2)NCCc2ccc3c(c2)OCCO3)c2c(F)cccc2F)CC(C)O1. The minimum atomic E-state index is -0.599. The first-order chi connectivity index (χ1) is 25.9. The Bertz CT molecular complexity index is 1970. The fourth-order valence-corrected chi connectivity index (χ4v) is 7.05. The van der Waals surface area contributed by atoms with Crippen molar-refractivity contribution in [1.29, 1.82) is 0 Å². The van der Waals surface area contributed by atoms with Crippen molar-refractivity contribution in [2.45, 2.75) is 51.6 Å². The molecule has 3 atom stereocenters. The zero-order valence-corrected chi connectivity index (χ0v) is 32.2. The highest BCUT2D eigenvalue weighted by molar-refractivity contribution is 8.93. The van der Waals surface area contributed by atoms with Crippen LogP contribution in [0.15, 0.2) is 103 Å². The molecule has 0 aliphatic carbocycles. The Morgan fingerprint density at radius 2 is 1.59 bits per heavy atom. The number of aliphatic imine (C=N–C) groups is 1. The van der Waals surface area contributed by atoms with Crippen LogP contribution in [0, 0.1) is 11.6 Å². The zero-order chi connectivity index (χ0) is 36.6. The molecular formula is C41H46BrF2N7O3. The second kappa shape index (κ2) is 18.5. The predicted octanol–water partition coefficient (Wildman–Crippen LogP) is 6.75. The van der Waals surface area contributed by atoms with Crippen molar-refractivity contribution < 1.29 is 23.0 Å². The van der Waals surface area contributed by atoms with Crippen molar-refractivity contribution >= 4 is 22.9 Å². The largest absolute Gasteiger partial charge is 0.486 e. The maximum atomic E-state index is 15.4. The van der Waals surface area contributed by atoms with Crippen molar-refractivity contribution in [3.63, 3.8) is 0 Å². The summed E-state index contributed by atoms with van der Waals surface area (Å²) < 4.78 is 50.0. The third-order valence-corrected chi connectivity index (χ3v) is 9.50. The second-order valence-electron chi connectivity index (χ2n) is 13.5. The maximum Gasteiger partial charge on any atom is 0.191 e. The average molecular weight is 803 g/mol. The summed E-state index contributed by atoms with van der Waals surface area (Å²) in [6.45, 7) is 7.91. The lowest BCUT2D eigenvalue weighted by atomic mass is 9.98. The van der Waals surface area contributed by atoms with Crippen LogP contribution in [0.1, 0.15) is 42.1 Å². The number of aromatic nitrogens is 3. The smallest absolute Gasteiger partial charge is 0.191 e. The van der Waals surface area contributed by atoms with E-state index in [1.165, 1.54) is 24.5 Å². The van der Waals surface area contributed by atoms with Gasteiger partial charge < -0.3 is 24.8 Å². The van der Waals surface area contributed by atoms with Crippen LogP contribution in [0.25, 0.3) is 11.1 Å². The summed E-state index contributed by atoms with van der Waals surface area (Å²) in [6.07, 6.45) is 3.76. The number of morpholine rings is 1. The minimum Gasteiger partial charge on any atom is -0.486 e. The summed E-state index contributed by atoms with van der Waals surface area (Å²) in [4.78, 5) is 11.2. The molecule has 54 heavy (non-hydrogen) atoms. The molecule has 3 unspecified atom stereocenters. The Kier molecular flexibility index (Phi) is 13.3. The first-order valence-electron chi connectivity index (χ1n) is 18.1. The van der Waals surface area contributed by atoms with E-state index in [9.17, 15) is 0 Å². The van der Waals surface area contributed by atoms with Gasteiger partial charge in [0.25, 0.3) is 0 Å². The lowest BCUT2D eigenvalue weighted by Gasteiger charge is -2.40. The van der Waals surface area contributed by atoms with Crippen molar-refractivity contribution in [3.8, 4) is 22.6 Å². The molecule has 0 saturated carbocycles. The number of fused-ring (bicyclic) bond motifs is 1. The van der Waals surface area contributed by atoms with Crippen LogP contribution in [-0.2, 0) is 24.2 Å². The predicted molar refractivity (Wildman–Crippen MR) is 210 cm³/mol. The molecule has 5 aromatic rings. The second-order valence-corrected chi connectivity index (χ2v) is 13.5. The molecule has 1 aromatic heterocycles. The van der Waals surface area contributed by atoms with Gasteiger partial charge in [-0.2, -0.15) is 5.10 Å². The highest BCUT2D eigenvalue weighted by Gasteiger charge is 2.32. The first kappa shape index (κ1) is 38.9. The third-order valence-electron chi connectivity index (χ3n) is 9.50. The summed E-state index contributed by atoms with van der Waals surface area (Å²) in [5, 5.41) is 11.2. The van der Waals surface area contributed by atoms with Crippen LogP contribution < -0.4 is 20.1 Å². The van der Waals surface area contributed by atoms with Crippen LogP contribution >= 0.6 is 17.0 Å². The van der Waals surface area contributed by atoms with E-state index in [4.69, 9.17) is 19.2 Å². The van der Waals surface area contributed by atoms with Gasteiger partial charge in [-0.15, -0.1) is 17.0 Å². The molecule has 1 fully saturated rings. The van der Waals surface area contributed by atoms with Gasteiger partial charge in [-0.05, 0) is 72.4 Å². The highest BCUT2D eigenvalue weighted by atomic mass is 79.9. The van der Waals surface area contributed by atoms with Crippen LogP contribution in [0.2, 0.25) is 0 Å². The van der Waals surface area contributed by atoms with Gasteiger partial charge in [0.15, 0.2) is 17.5 Å². The molecule has 2 aliphatic heterocycles. The molecule has 284 valence electrons. The van der Waals surface area contributed by atoms with E-state index < -0.39 is 17.7 Å². The molecule has 0 bridgehead atoms. The van der Waals surface area contributed by atoms with Gasteiger partial charge in [0.2, 0.25) is 0 Å². The van der Waals surface area contributed by atoms with Gasteiger partial charge in [-0.1, -0.05) is 60.7 Å². The topological polar surface area (TPSA) is 98.1 Å². The Labute approximate surface area is 325 Å². The minimum absolute atomic E-state index is 0. The number of rotatable bonds is 12. The summed E-state index contributed by atoms with van der Waals surface area (Å²) in [7, 11) is 0. The number of hydrogen-bond donors (Lipinski definition) is 2. The number of nitrogens with zero attached hydrogens (tertiary/aromatic N) is 5. The van der Waals surface area contributed by atoms with Crippen molar-refractivity contribution in [2.24, 2.45) is 4.99 Å². The van der Waals surface area contributed by atoms with E-state index in [0.29, 0.717) is 58.3 Å². The molecular weight excluding hydrogens is 756 g/mol. The standard InChI is InChI=1S/C41H45F2N7O3.BrH/c1-28-23-49(24-29(2)53-28)37(40-35(42)8-5-9-36(40)43)22-47-41(45-17-16-30-12-15-38-39(20-30)52-19-18-51-38)46-21-33-6-3-4-7-34(33)32-13-10-31(11-14-32)25-50-27-44-26-48-50;/h3-15,20,26-29,37H,16-19,21-25H2,1-2H3,(H2,45,46,47);1H. The summed E-state index contributed by atoms with van der Waals surface area (Å²) in [5.74, 6) is 0.882. The van der Waals surface area contributed by atoms with Crippen LogP contribution in [0.5, 0.6) is 11.5 Å². The Hall–Kier alpha value is -4.85. The van der Waals surface area contributed by atoms with Gasteiger partial charge in [0, 0.05) is 31.7 Å². The van der Waals surface area contributed by atoms with Crippen LogP contribution in [-0.4, -0.2) is 77.2 Å². The van der Waals surface area contributed by atoms with Gasteiger partial charge in [-0.25, -0.2) is 23.4 Å². The fourth-order valence-electron chi connectivity index (χ4n) is 7.05. The van der Waals surface area contributed by atoms with Gasteiger partial charge in [-0.3, -0.25) is 4.90 Å². The fraction of sp³-hybridized carbons (Fsp3) is 0.341. The number of benzene rings is 4. The number of guanidine groups is 1. The Morgan fingerprint density at radius 1 is 0.870 bits per heavy atom. The molecule has 1 saturated heterocycles. The van der Waals surface area contributed by atoms with E-state index in [2.05, 4.69) is 62.0 Å². The average Bonchev–Trinajstić information content (AvgIpc) is 3.68. The number of nitrogens with one attached hydrogen (secondary N) is 2. The molecule has 13 heteroatoms. The highest BCUT2D eigenvalue weighted by Crippen LogP contribution is 2.31. The number of hydrogen-bond acceptors (Lipinski definition) is 7. The Morgan fingerprint density at radius 3 is 2.33 bits per heavy atom. The number of halogens is 3. The lowest BCUT2D eigenvalue weighted by Crippen LogP contribution is -2.51. The van der Waals surface area contributed by atoms with Gasteiger partial charge >= 0.3 is 0 Å². The van der Waals surface area contributed by atoms with E-state index in [1.54, 1.807) is 11.0 Å². The third kappa shape index (κ3) is 9.82. The first-order valence-corrected chi connectivity index (χ1v) is 18.1. The van der Waals surface area contributed by atoms with E-state index in [-0.39, 0.29) is 41.3 Å². The van der Waals surface area contributed by atoms with E-state index in [1.807, 2.05) is 44.2 Å². The quantitative estimate of drug-likeness (QED) is 0.106. The van der Waals surface area contributed by atoms with Crippen LogP contribution in [0.3, 0.4) is 0 Å². The summed E-state index contributed by atoms with van der Waals surface area (Å²) >= 11 is 0. The van der Waals surface area contributed by atoms with Crippen LogP contribution in [0.4, 0.5) is 8.78 Å². The van der Waals surface area contributed by atoms with Crippen molar-refractivity contribution in [1.82, 2.24) is 30.3 Å². The molecule has 10 nitrogen and oxygen atoms in total. The maximum absolute atomic E-state index is 15.4. The summed E-state index contributed by atoms with van der Waals surface area (Å²) in [5.41, 5.74) is 5.42. The normalized spacial score (nSPS) is 17.7. The zero-order valence-electron chi connectivity index (χ0n) is 30.5. The summed E-state index contributed by atoms with van der Waals surface area (Å²) in [6, 6.07) is 26.0. The monoisotopic (exact) mass is 801 g/mol.